The minimum Gasteiger partial charge on any atom is -0.476 e. The van der Waals surface area contributed by atoms with Crippen molar-refractivity contribution in [3.05, 3.63) is 92.7 Å². The molecule has 1 saturated heterocycles. The molecule has 0 saturated carbocycles. The van der Waals surface area contributed by atoms with Gasteiger partial charge in [0.1, 0.15) is 11.1 Å². The summed E-state index contributed by atoms with van der Waals surface area (Å²) in [6.07, 6.45) is 0. The first-order valence-electron chi connectivity index (χ1n) is 9.94. The first-order valence-corrected chi connectivity index (χ1v) is 11.1. The number of carbonyl (C=O) groups is 1. The quantitative estimate of drug-likeness (QED) is 0.540. The second kappa shape index (κ2) is 9.45. The number of anilines is 1. The van der Waals surface area contributed by atoms with Crippen LogP contribution in [0.2, 0.25) is 15.2 Å². The molecule has 2 N–H and O–H groups in total. The second-order valence-corrected chi connectivity index (χ2v) is 8.55. The summed E-state index contributed by atoms with van der Waals surface area (Å²) in [4.78, 5) is 18.7. The lowest BCUT2D eigenvalue weighted by atomic mass is 9.96. The molecule has 31 heavy (non-hydrogen) atoms. The van der Waals surface area contributed by atoms with Gasteiger partial charge in [0, 0.05) is 11.1 Å². The number of piperazine rings is 1. The van der Waals surface area contributed by atoms with Crippen molar-refractivity contribution in [2.45, 2.75) is 6.04 Å². The number of hydrogen-bond acceptors (Lipinski definition) is 3. The first kappa shape index (κ1) is 21.9. The van der Waals surface area contributed by atoms with Crippen LogP contribution < -0.4 is 9.80 Å². The Morgan fingerprint density at radius 1 is 0.903 bits per heavy atom. The molecule has 2 heterocycles. The highest BCUT2D eigenvalue weighted by Gasteiger charge is 2.32. The maximum Gasteiger partial charge on any atom is 0.356 e. The topological polar surface area (TPSA) is 57.9 Å². The zero-order chi connectivity index (χ0) is 22.0. The molecule has 1 aliphatic heterocycles. The molecule has 0 unspecified atom stereocenters. The van der Waals surface area contributed by atoms with Crippen LogP contribution in [0.25, 0.3) is 0 Å². The lowest BCUT2D eigenvalue weighted by Crippen LogP contribution is -3.15. The van der Waals surface area contributed by atoms with Gasteiger partial charge < -0.3 is 14.9 Å². The Balaban J connectivity index is 1.62. The van der Waals surface area contributed by atoms with E-state index in [2.05, 4.69) is 53.5 Å². The third kappa shape index (κ3) is 4.51. The highest BCUT2D eigenvalue weighted by atomic mass is 35.5. The van der Waals surface area contributed by atoms with Crippen molar-refractivity contribution >= 4 is 46.5 Å². The van der Waals surface area contributed by atoms with Crippen LogP contribution in [0.5, 0.6) is 0 Å². The Labute approximate surface area is 195 Å². The van der Waals surface area contributed by atoms with Crippen LogP contribution in [0.4, 0.5) is 5.69 Å². The molecule has 2 aromatic carbocycles. The summed E-state index contributed by atoms with van der Waals surface area (Å²) in [5, 5.41) is 9.55. The smallest absolute Gasteiger partial charge is 0.356 e. The van der Waals surface area contributed by atoms with E-state index >= 15 is 0 Å². The van der Waals surface area contributed by atoms with Gasteiger partial charge in [-0.15, -0.1) is 0 Å². The molecule has 0 aliphatic carbocycles. The van der Waals surface area contributed by atoms with Gasteiger partial charge in [0.15, 0.2) is 10.8 Å². The van der Waals surface area contributed by atoms with E-state index in [9.17, 15) is 9.90 Å². The number of halogens is 3. The number of benzene rings is 2. The van der Waals surface area contributed by atoms with Crippen LogP contribution in [0.15, 0.2) is 60.7 Å². The monoisotopic (exact) mass is 476 g/mol. The summed E-state index contributed by atoms with van der Waals surface area (Å²) in [6, 6.07) is 21.1. The minimum atomic E-state index is -1.23. The van der Waals surface area contributed by atoms with Crippen LogP contribution in [-0.4, -0.2) is 42.2 Å². The van der Waals surface area contributed by atoms with Gasteiger partial charge in [0.05, 0.1) is 36.9 Å². The van der Waals surface area contributed by atoms with Crippen molar-refractivity contribution in [2.75, 3.05) is 31.1 Å². The second-order valence-electron chi connectivity index (χ2n) is 7.43. The number of hydrogen-bond donors (Lipinski definition) is 2. The summed E-state index contributed by atoms with van der Waals surface area (Å²) in [5.74, 6) is -1.23. The molecule has 0 bridgehead atoms. The van der Waals surface area contributed by atoms with Gasteiger partial charge in [-0.3, -0.25) is 0 Å². The fraction of sp³-hybridized carbons (Fsp3) is 0.217. The van der Waals surface area contributed by atoms with Crippen LogP contribution in [0, 0.1) is 0 Å². The maximum absolute atomic E-state index is 11.5. The fourth-order valence-corrected chi connectivity index (χ4v) is 5.00. The van der Waals surface area contributed by atoms with E-state index in [4.69, 9.17) is 34.8 Å². The number of nitrogens with zero attached hydrogens (tertiary/aromatic N) is 2. The number of carboxylic acids is 1. The van der Waals surface area contributed by atoms with Gasteiger partial charge in [-0.1, -0.05) is 95.5 Å². The summed E-state index contributed by atoms with van der Waals surface area (Å²) in [6.45, 7) is 2.96. The van der Waals surface area contributed by atoms with Gasteiger partial charge in [-0.05, 0) is 0 Å². The number of quaternary nitrogens is 1. The van der Waals surface area contributed by atoms with Crippen LogP contribution in [-0.2, 0) is 0 Å². The summed E-state index contributed by atoms with van der Waals surface area (Å²) in [7, 11) is 0. The number of aromatic carboxylic acids is 1. The SMILES string of the molecule is O=C(O)c1nc(Cl)c(Cl)c(N2CC[NH+](C(c3ccccc3)c3ccccc3)CC2)c1Cl. The highest BCUT2D eigenvalue weighted by molar-refractivity contribution is 6.46. The molecular weight excluding hydrogens is 457 g/mol. The van der Waals surface area contributed by atoms with E-state index in [1.165, 1.54) is 16.0 Å². The Bertz CT molecular complexity index is 1030. The third-order valence-corrected chi connectivity index (χ3v) is 6.70. The van der Waals surface area contributed by atoms with E-state index in [0.29, 0.717) is 18.8 Å². The number of pyridine rings is 1. The third-order valence-electron chi connectivity index (χ3n) is 5.61. The number of nitrogens with one attached hydrogen (secondary N) is 1. The lowest BCUT2D eigenvalue weighted by molar-refractivity contribution is -0.926. The molecule has 0 amide bonds. The Morgan fingerprint density at radius 2 is 1.42 bits per heavy atom. The van der Waals surface area contributed by atoms with E-state index in [-0.39, 0.29) is 26.9 Å². The predicted molar refractivity (Wildman–Crippen MR) is 124 cm³/mol. The van der Waals surface area contributed by atoms with Crippen LogP contribution in [0.1, 0.15) is 27.7 Å². The van der Waals surface area contributed by atoms with Crippen molar-refractivity contribution < 1.29 is 14.8 Å². The fourth-order valence-electron chi connectivity index (χ4n) is 4.18. The minimum absolute atomic E-state index is 0.0213. The van der Waals surface area contributed by atoms with Crippen molar-refractivity contribution in [3.8, 4) is 0 Å². The zero-order valence-corrected chi connectivity index (χ0v) is 18.8. The number of aromatic nitrogens is 1. The molecule has 8 heteroatoms. The first-order chi connectivity index (χ1) is 15.0. The molecule has 3 aromatic rings. The van der Waals surface area contributed by atoms with Crippen molar-refractivity contribution in [2.24, 2.45) is 0 Å². The Hall–Kier alpha value is -2.31. The Kier molecular flexibility index (Phi) is 6.68. The lowest BCUT2D eigenvalue weighted by Gasteiger charge is -2.38. The van der Waals surface area contributed by atoms with Crippen LogP contribution in [0.3, 0.4) is 0 Å². The molecule has 160 valence electrons. The normalized spacial score (nSPS) is 14.8. The molecule has 0 radical (unpaired) electrons. The molecule has 1 aliphatic rings. The van der Waals surface area contributed by atoms with Gasteiger partial charge in [-0.25, -0.2) is 9.78 Å². The van der Waals surface area contributed by atoms with E-state index in [0.717, 1.165) is 13.1 Å². The molecule has 0 spiro atoms. The highest BCUT2D eigenvalue weighted by Crippen LogP contribution is 2.39. The maximum atomic E-state index is 11.5. The van der Waals surface area contributed by atoms with Crippen molar-refractivity contribution in [1.29, 1.82) is 0 Å². The van der Waals surface area contributed by atoms with Gasteiger partial charge in [-0.2, -0.15) is 0 Å². The molecular formula is C23H21Cl3N3O2+. The van der Waals surface area contributed by atoms with Gasteiger partial charge >= 0.3 is 5.97 Å². The summed E-state index contributed by atoms with van der Waals surface area (Å²) in [5.41, 5.74) is 2.67. The average molecular weight is 478 g/mol. The number of rotatable bonds is 5. The predicted octanol–water partition coefficient (Wildman–Crippen LogP) is 4.23. The standard InChI is InChI=1S/C23H20Cl3N3O2/c24-17-19(23(30)31)27-22(26)18(25)21(17)29-13-11-28(12-14-29)20(15-7-3-1-4-8-15)16-9-5-2-6-10-16/h1-10,20H,11-14H2,(H,30,31)/p+1. The van der Waals surface area contributed by atoms with Crippen molar-refractivity contribution in [1.82, 2.24) is 4.98 Å². The van der Waals surface area contributed by atoms with Gasteiger partial charge in [0.25, 0.3) is 0 Å². The molecule has 5 nitrogen and oxygen atoms in total. The number of carboxylic acid groups (broad SMARTS) is 1. The van der Waals surface area contributed by atoms with E-state index in [1.807, 2.05) is 17.0 Å². The summed E-state index contributed by atoms with van der Waals surface area (Å²) < 4.78 is 0. The summed E-state index contributed by atoms with van der Waals surface area (Å²) >= 11 is 18.8. The van der Waals surface area contributed by atoms with E-state index < -0.39 is 5.97 Å². The molecule has 0 atom stereocenters. The molecule has 1 aromatic heterocycles. The van der Waals surface area contributed by atoms with E-state index in [1.54, 1.807) is 0 Å². The largest absolute Gasteiger partial charge is 0.476 e. The Morgan fingerprint density at radius 3 is 1.90 bits per heavy atom. The van der Waals surface area contributed by atoms with Crippen molar-refractivity contribution in [3.63, 3.8) is 0 Å². The average Bonchev–Trinajstić information content (AvgIpc) is 2.79. The van der Waals surface area contributed by atoms with Gasteiger partial charge in [0.2, 0.25) is 0 Å². The van der Waals surface area contributed by atoms with Crippen LogP contribution >= 0.6 is 34.8 Å². The molecule has 1 fully saturated rings. The zero-order valence-electron chi connectivity index (χ0n) is 16.6. The molecule has 4 rings (SSSR count).